The third-order valence-corrected chi connectivity index (χ3v) is 4.73. The van der Waals surface area contributed by atoms with E-state index >= 15 is 0 Å². The van der Waals surface area contributed by atoms with Crippen LogP contribution in [-0.2, 0) is 17.8 Å². The number of rotatable bonds is 7. The molecule has 0 spiro atoms. The number of amides is 3. The Bertz CT molecular complexity index is 854. The molecule has 1 aromatic carbocycles. The van der Waals surface area contributed by atoms with Crippen LogP contribution in [0.1, 0.15) is 10.4 Å². The lowest BCUT2D eigenvalue weighted by Crippen LogP contribution is -2.48. The van der Waals surface area contributed by atoms with Crippen molar-refractivity contribution in [3.05, 3.63) is 82.8 Å². The topological polar surface area (TPSA) is 83.1 Å². The Hall–Kier alpha value is -3.19. The maximum atomic E-state index is 12.7. The number of pyridine rings is 1. The first-order chi connectivity index (χ1) is 13.2. The van der Waals surface area contributed by atoms with Crippen LogP contribution in [0.3, 0.4) is 0 Å². The average Bonchev–Trinajstić information content (AvgIpc) is 3.21. The summed E-state index contributed by atoms with van der Waals surface area (Å²) in [6, 6.07) is 15.8. The Morgan fingerprint density at radius 1 is 1.00 bits per heavy atom. The number of urea groups is 1. The molecule has 3 rings (SSSR count). The molecule has 0 aliphatic heterocycles. The van der Waals surface area contributed by atoms with Crippen LogP contribution in [0.15, 0.2) is 72.4 Å². The van der Waals surface area contributed by atoms with E-state index in [9.17, 15) is 9.59 Å². The summed E-state index contributed by atoms with van der Waals surface area (Å²) in [5.74, 6) is -0.281. The lowest BCUT2D eigenvalue weighted by atomic mass is 10.1. The van der Waals surface area contributed by atoms with Gasteiger partial charge in [0.2, 0.25) is 5.91 Å². The number of aromatic nitrogens is 1. The number of benzene rings is 1. The molecule has 0 fully saturated rings. The van der Waals surface area contributed by atoms with E-state index in [0.717, 1.165) is 10.4 Å². The maximum Gasteiger partial charge on any atom is 0.315 e. The first-order valence-electron chi connectivity index (χ1n) is 8.52. The highest BCUT2D eigenvalue weighted by Crippen LogP contribution is 2.09. The molecule has 0 bridgehead atoms. The predicted molar refractivity (Wildman–Crippen MR) is 106 cm³/mol. The average molecular weight is 380 g/mol. The second-order valence-electron chi connectivity index (χ2n) is 5.87. The van der Waals surface area contributed by atoms with Crippen LogP contribution >= 0.6 is 11.3 Å². The highest BCUT2D eigenvalue weighted by molar-refractivity contribution is 7.09. The molecule has 0 saturated heterocycles. The largest absolute Gasteiger partial charge is 0.333 e. The van der Waals surface area contributed by atoms with Gasteiger partial charge in [-0.15, -0.1) is 11.3 Å². The van der Waals surface area contributed by atoms with E-state index in [1.165, 1.54) is 0 Å². The number of anilines is 1. The van der Waals surface area contributed by atoms with Gasteiger partial charge < -0.3 is 16.0 Å². The number of hydrogen-bond donors (Lipinski definition) is 3. The summed E-state index contributed by atoms with van der Waals surface area (Å²) >= 11 is 1.57. The van der Waals surface area contributed by atoms with Crippen LogP contribution in [0, 0.1) is 0 Å². The summed E-state index contributed by atoms with van der Waals surface area (Å²) in [6.07, 6.45) is 3.59. The van der Waals surface area contributed by atoms with Gasteiger partial charge in [-0.2, -0.15) is 0 Å². The molecular weight excluding hydrogens is 360 g/mol. The molecule has 3 N–H and O–H groups in total. The quantitative estimate of drug-likeness (QED) is 0.589. The molecule has 27 heavy (non-hydrogen) atoms. The smallest absolute Gasteiger partial charge is 0.315 e. The molecule has 3 aromatic rings. The molecule has 2 aromatic heterocycles. The van der Waals surface area contributed by atoms with Gasteiger partial charge in [0.05, 0.1) is 6.54 Å². The van der Waals surface area contributed by atoms with E-state index in [1.807, 2.05) is 47.8 Å². The van der Waals surface area contributed by atoms with Crippen molar-refractivity contribution >= 4 is 29.0 Å². The Morgan fingerprint density at radius 2 is 1.78 bits per heavy atom. The molecule has 0 radical (unpaired) electrons. The number of nitrogens with zero attached hydrogens (tertiary/aromatic N) is 1. The van der Waals surface area contributed by atoms with Crippen molar-refractivity contribution in [2.75, 3.05) is 5.32 Å². The summed E-state index contributed by atoms with van der Waals surface area (Å²) in [5.41, 5.74) is 1.60. The molecule has 0 unspecified atom stereocenters. The van der Waals surface area contributed by atoms with E-state index in [1.54, 1.807) is 35.9 Å². The second kappa shape index (κ2) is 9.49. The van der Waals surface area contributed by atoms with E-state index in [2.05, 4.69) is 20.9 Å². The van der Waals surface area contributed by atoms with Crippen molar-refractivity contribution in [2.24, 2.45) is 0 Å². The van der Waals surface area contributed by atoms with E-state index in [0.29, 0.717) is 18.7 Å². The molecular formula is C20H20N4O2S. The van der Waals surface area contributed by atoms with Crippen molar-refractivity contribution in [2.45, 2.75) is 19.0 Å². The highest BCUT2D eigenvalue weighted by Gasteiger charge is 2.21. The Balaban J connectivity index is 1.64. The first kappa shape index (κ1) is 18.6. The van der Waals surface area contributed by atoms with E-state index in [-0.39, 0.29) is 11.9 Å². The van der Waals surface area contributed by atoms with Gasteiger partial charge in [0.25, 0.3) is 0 Å². The number of carbonyl (C=O) groups is 2. The third kappa shape index (κ3) is 5.93. The number of carbonyl (C=O) groups excluding carboxylic acids is 2. The van der Waals surface area contributed by atoms with Gasteiger partial charge in [-0.3, -0.25) is 9.78 Å². The normalized spacial score (nSPS) is 11.4. The summed E-state index contributed by atoms with van der Waals surface area (Å²) in [5, 5.41) is 10.3. The lowest BCUT2D eigenvalue weighted by molar-refractivity contribution is -0.117. The van der Waals surface area contributed by atoms with Gasteiger partial charge in [0.15, 0.2) is 0 Å². The molecule has 3 amide bonds. The second-order valence-corrected chi connectivity index (χ2v) is 6.91. The monoisotopic (exact) mass is 380 g/mol. The van der Waals surface area contributed by atoms with Crippen molar-refractivity contribution in [3.63, 3.8) is 0 Å². The molecule has 0 aliphatic rings. The molecule has 0 aliphatic carbocycles. The molecule has 2 heterocycles. The molecule has 6 nitrogen and oxygen atoms in total. The predicted octanol–water partition coefficient (Wildman–Crippen LogP) is 3.19. The van der Waals surface area contributed by atoms with Crippen molar-refractivity contribution < 1.29 is 9.59 Å². The first-order valence-corrected chi connectivity index (χ1v) is 9.40. The fraction of sp³-hybridized carbons (Fsp3) is 0.150. The maximum absolute atomic E-state index is 12.7. The molecule has 138 valence electrons. The van der Waals surface area contributed by atoms with Gasteiger partial charge in [-0.25, -0.2) is 4.79 Å². The van der Waals surface area contributed by atoms with Crippen molar-refractivity contribution in [3.8, 4) is 0 Å². The van der Waals surface area contributed by atoms with E-state index < -0.39 is 6.04 Å². The van der Waals surface area contributed by atoms with Crippen molar-refractivity contribution in [1.82, 2.24) is 15.6 Å². The van der Waals surface area contributed by atoms with E-state index in [4.69, 9.17) is 0 Å². The van der Waals surface area contributed by atoms with Crippen LogP contribution in [0.4, 0.5) is 10.5 Å². The Morgan fingerprint density at radius 3 is 2.48 bits per heavy atom. The van der Waals surface area contributed by atoms with Crippen molar-refractivity contribution in [1.29, 1.82) is 0 Å². The number of thiophene rings is 1. The zero-order valence-electron chi connectivity index (χ0n) is 14.6. The summed E-state index contributed by atoms with van der Waals surface area (Å²) in [7, 11) is 0. The third-order valence-electron chi connectivity index (χ3n) is 3.86. The van der Waals surface area contributed by atoms with Gasteiger partial charge in [-0.1, -0.05) is 36.4 Å². The van der Waals surface area contributed by atoms with Crippen LogP contribution in [-0.4, -0.2) is 23.0 Å². The molecule has 1 atom stereocenters. The Labute approximate surface area is 161 Å². The minimum Gasteiger partial charge on any atom is -0.333 e. The summed E-state index contributed by atoms with van der Waals surface area (Å²) in [4.78, 5) is 30.0. The van der Waals surface area contributed by atoms with Crippen LogP contribution in [0.5, 0.6) is 0 Å². The fourth-order valence-corrected chi connectivity index (χ4v) is 3.16. The van der Waals surface area contributed by atoms with Gasteiger partial charge >= 0.3 is 6.03 Å². The fourth-order valence-electron chi connectivity index (χ4n) is 2.51. The van der Waals surface area contributed by atoms with Gasteiger partial charge in [0, 0.05) is 29.4 Å². The summed E-state index contributed by atoms with van der Waals surface area (Å²) < 4.78 is 0. The lowest BCUT2D eigenvalue weighted by Gasteiger charge is -2.19. The van der Waals surface area contributed by atoms with Crippen LogP contribution < -0.4 is 16.0 Å². The number of nitrogens with one attached hydrogen (secondary N) is 3. The minimum atomic E-state index is -0.705. The van der Waals surface area contributed by atoms with Crippen LogP contribution in [0.2, 0.25) is 0 Å². The molecule has 0 saturated carbocycles. The van der Waals surface area contributed by atoms with Crippen LogP contribution in [0.25, 0.3) is 0 Å². The van der Waals surface area contributed by atoms with Gasteiger partial charge in [0.1, 0.15) is 6.04 Å². The van der Waals surface area contributed by atoms with Gasteiger partial charge in [-0.05, 0) is 29.1 Å². The zero-order valence-corrected chi connectivity index (χ0v) is 15.4. The number of hydrogen-bond acceptors (Lipinski definition) is 4. The zero-order chi connectivity index (χ0) is 18.9. The minimum absolute atomic E-state index is 0.281. The molecule has 7 heteroatoms. The standard InChI is InChI=1S/C20H20N4O2S/c25-19(23-16-8-10-21-11-9-16)18(13-15-5-2-1-3-6-15)24-20(26)22-14-17-7-4-12-27-17/h1-12,18H,13-14H2,(H,21,23,25)(H2,22,24,26)/t18-/m0/s1. The summed E-state index contributed by atoms with van der Waals surface area (Å²) in [6.45, 7) is 0.424. The Kier molecular flexibility index (Phi) is 6.54. The highest BCUT2D eigenvalue weighted by atomic mass is 32.1. The SMILES string of the molecule is O=C(NCc1cccs1)N[C@@H](Cc1ccccc1)C(=O)Nc1ccncc1.